The van der Waals surface area contributed by atoms with Gasteiger partial charge in [0.1, 0.15) is 12.4 Å². The van der Waals surface area contributed by atoms with E-state index in [1.165, 1.54) is 11.3 Å². The van der Waals surface area contributed by atoms with Gasteiger partial charge in [-0.15, -0.1) is 11.3 Å². The van der Waals surface area contributed by atoms with Crippen LogP contribution in [0.2, 0.25) is 4.47 Å². The van der Waals surface area contributed by atoms with Gasteiger partial charge in [0, 0.05) is 10.8 Å². The maximum absolute atomic E-state index is 12.7. The first-order chi connectivity index (χ1) is 13.1. The predicted octanol–water partition coefficient (Wildman–Crippen LogP) is 4.92. The van der Waals surface area contributed by atoms with Crippen molar-refractivity contribution in [3.05, 3.63) is 75.2 Å². The van der Waals surface area contributed by atoms with E-state index in [1.807, 2.05) is 41.1 Å². The molecule has 2 aromatic carbocycles. The van der Waals surface area contributed by atoms with Gasteiger partial charge in [0.2, 0.25) is 0 Å². The van der Waals surface area contributed by atoms with Crippen molar-refractivity contribution < 1.29 is 9.18 Å². The third-order valence-electron chi connectivity index (χ3n) is 4.11. The molecule has 0 radical (unpaired) electrons. The number of hydrogen-bond donors (Lipinski definition) is 1. The number of carbonyl (C=O) groups is 1. The van der Waals surface area contributed by atoms with Crippen LogP contribution in [0.4, 0.5) is 10.2 Å². The number of aromatic nitrogens is 3. The summed E-state index contributed by atoms with van der Waals surface area (Å²) in [5, 5.41) is 9.78. The largest absolute Gasteiger partial charge is 0.303 e. The van der Waals surface area contributed by atoms with Crippen molar-refractivity contribution in [3.63, 3.8) is 0 Å². The fourth-order valence-corrected chi connectivity index (χ4v) is 3.52. The first kappa shape index (κ1) is 17.6. The van der Waals surface area contributed by atoms with Gasteiger partial charge in [0.15, 0.2) is 10.3 Å². The van der Waals surface area contributed by atoms with Gasteiger partial charge in [-0.05, 0) is 23.3 Å². The van der Waals surface area contributed by atoms with Crippen LogP contribution in [0, 0.1) is 0 Å². The van der Waals surface area contributed by atoms with Crippen molar-refractivity contribution in [1.29, 1.82) is 0 Å². The molecule has 1 N–H and O–H groups in total. The molecule has 0 bridgehead atoms. The summed E-state index contributed by atoms with van der Waals surface area (Å²) < 4.78 is 14.8. The molecule has 0 saturated carbocycles. The number of amides is 1. The lowest BCUT2D eigenvalue weighted by Gasteiger charge is -2.04. The first-order valence-electron chi connectivity index (χ1n) is 8.16. The van der Waals surface area contributed by atoms with Crippen LogP contribution in [0.15, 0.2) is 53.9 Å². The molecule has 5 nitrogen and oxygen atoms in total. The molecule has 2 aromatic heterocycles. The van der Waals surface area contributed by atoms with Gasteiger partial charge in [-0.1, -0.05) is 48.0 Å². The van der Waals surface area contributed by atoms with E-state index in [1.54, 1.807) is 17.5 Å². The lowest BCUT2D eigenvalue weighted by atomic mass is 10.1. The second-order valence-electron chi connectivity index (χ2n) is 5.91. The number of nitrogens with one attached hydrogen (secondary N) is 1. The number of thiazole rings is 1. The SMILES string of the molecule is O=C(Nc1nn(Cc2ccc(CF)cc2)c2ccccc12)c1csc(Cl)n1. The molecule has 0 saturated heterocycles. The van der Waals surface area contributed by atoms with E-state index in [0.29, 0.717) is 22.4 Å². The molecule has 0 aliphatic heterocycles. The molecular formula is C19H14ClFN4OS. The predicted molar refractivity (Wildman–Crippen MR) is 105 cm³/mol. The smallest absolute Gasteiger partial charge is 0.276 e. The molecule has 2 heterocycles. The van der Waals surface area contributed by atoms with Crippen LogP contribution in [0.5, 0.6) is 0 Å². The summed E-state index contributed by atoms with van der Waals surface area (Å²) in [6, 6.07) is 14.9. The van der Waals surface area contributed by atoms with E-state index in [2.05, 4.69) is 15.4 Å². The topological polar surface area (TPSA) is 59.8 Å². The number of para-hydroxylation sites is 1. The van der Waals surface area contributed by atoms with Crippen molar-refractivity contribution >= 4 is 45.6 Å². The molecule has 0 aliphatic carbocycles. The summed E-state index contributed by atoms with van der Waals surface area (Å²) in [4.78, 5) is 16.4. The summed E-state index contributed by atoms with van der Waals surface area (Å²) in [7, 11) is 0. The Morgan fingerprint density at radius 1 is 1.15 bits per heavy atom. The maximum Gasteiger partial charge on any atom is 0.276 e. The van der Waals surface area contributed by atoms with Gasteiger partial charge < -0.3 is 5.32 Å². The molecule has 0 spiro atoms. The molecule has 0 aliphatic rings. The average Bonchev–Trinajstić information content (AvgIpc) is 3.27. The lowest BCUT2D eigenvalue weighted by Crippen LogP contribution is -2.13. The van der Waals surface area contributed by atoms with Crippen LogP contribution in [0.3, 0.4) is 0 Å². The first-order valence-corrected chi connectivity index (χ1v) is 9.41. The molecular weight excluding hydrogens is 387 g/mol. The van der Waals surface area contributed by atoms with Crippen LogP contribution in [-0.4, -0.2) is 20.7 Å². The Bertz CT molecular complexity index is 1110. The highest BCUT2D eigenvalue weighted by Crippen LogP contribution is 2.25. The van der Waals surface area contributed by atoms with Gasteiger partial charge in [-0.3, -0.25) is 9.48 Å². The second kappa shape index (κ2) is 7.46. The molecule has 1 amide bonds. The number of carbonyl (C=O) groups excluding carboxylic acids is 1. The Kier molecular flexibility index (Phi) is 4.87. The van der Waals surface area contributed by atoms with Gasteiger partial charge in [0.05, 0.1) is 12.1 Å². The highest BCUT2D eigenvalue weighted by atomic mass is 35.5. The van der Waals surface area contributed by atoms with Gasteiger partial charge in [0.25, 0.3) is 5.91 Å². The molecule has 27 heavy (non-hydrogen) atoms. The summed E-state index contributed by atoms with van der Waals surface area (Å²) in [5.74, 6) is 0.0981. The van der Waals surface area contributed by atoms with Crippen LogP contribution in [-0.2, 0) is 13.2 Å². The molecule has 0 fully saturated rings. The third kappa shape index (κ3) is 3.70. The number of anilines is 1. The molecule has 8 heteroatoms. The monoisotopic (exact) mass is 400 g/mol. The molecule has 4 rings (SSSR count). The highest BCUT2D eigenvalue weighted by Gasteiger charge is 2.16. The Hall–Kier alpha value is -2.77. The van der Waals surface area contributed by atoms with E-state index in [4.69, 9.17) is 11.6 Å². The zero-order valence-corrected chi connectivity index (χ0v) is 15.6. The normalized spacial score (nSPS) is 11.0. The van der Waals surface area contributed by atoms with Crippen molar-refractivity contribution in [2.75, 3.05) is 5.32 Å². The van der Waals surface area contributed by atoms with Crippen molar-refractivity contribution in [2.45, 2.75) is 13.2 Å². The lowest BCUT2D eigenvalue weighted by molar-refractivity contribution is 0.102. The van der Waals surface area contributed by atoms with E-state index < -0.39 is 6.67 Å². The summed E-state index contributed by atoms with van der Waals surface area (Å²) >= 11 is 7.00. The van der Waals surface area contributed by atoms with E-state index in [9.17, 15) is 9.18 Å². The minimum absolute atomic E-state index is 0.255. The second-order valence-corrected chi connectivity index (χ2v) is 7.35. The third-order valence-corrected chi connectivity index (χ3v) is 5.09. The minimum atomic E-state index is -0.484. The number of alkyl halides is 1. The molecule has 4 aromatic rings. The Morgan fingerprint density at radius 3 is 2.59 bits per heavy atom. The average molecular weight is 401 g/mol. The van der Waals surface area contributed by atoms with Crippen LogP contribution in [0.25, 0.3) is 10.9 Å². The van der Waals surface area contributed by atoms with Crippen molar-refractivity contribution in [1.82, 2.24) is 14.8 Å². The number of nitrogens with zero attached hydrogens (tertiary/aromatic N) is 3. The number of fused-ring (bicyclic) bond motifs is 1. The zero-order valence-electron chi connectivity index (χ0n) is 14.0. The number of hydrogen-bond acceptors (Lipinski definition) is 4. The highest BCUT2D eigenvalue weighted by molar-refractivity contribution is 7.14. The fraction of sp³-hybridized carbons (Fsp3) is 0.105. The van der Waals surface area contributed by atoms with E-state index in [0.717, 1.165) is 16.5 Å². The Morgan fingerprint density at radius 2 is 1.89 bits per heavy atom. The number of rotatable bonds is 5. The van der Waals surface area contributed by atoms with Crippen molar-refractivity contribution in [2.24, 2.45) is 0 Å². The zero-order chi connectivity index (χ0) is 18.8. The Labute approximate surface area is 163 Å². The quantitative estimate of drug-likeness (QED) is 0.517. The van der Waals surface area contributed by atoms with Crippen LogP contribution in [0.1, 0.15) is 21.6 Å². The summed E-state index contributed by atoms with van der Waals surface area (Å²) in [5.41, 5.74) is 2.77. The van der Waals surface area contributed by atoms with E-state index >= 15 is 0 Å². The van der Waals surface area contributed by atoms with Gasteiger partial charge in [-0.2, -0.15) is 5.10 Å². The minimum Gasteiger partial charge on any atom is -0.303 e. The fourth-order valence-electron chi connectivity index (χ4n) is 2.77. The molecule has 136 valence electrons. The van der Waals surface area contributed by atoms with Crippen LogP contribution < -0.4 is 5.32 Å². The number of benzene rings is 2. The molecule has 0 atom stereocenters. The summed E-state index contributed by atoms with van der Waals surface area (Å²) in [6.45, 7) is 0.0211. The van der Waals surface area contributed by atoms with Crippen molar-refractivity contribution in [3.8, 4) is 0 Å². The van der Waals surface area contributed by atoms with Gasteiger partial charge >= 0.3 is 0 Å². The summed E-state index contributed by atoms with van der Waals surface area (Å²) in [6.07, 6.45) is 0. The Balaban J connectivity index is 1.65. The van der Waals surface area contributed by atoms with E-state index in [-0.39, 0.29) is 11.6 Å². The standard InChI is InChI=1S/C19H14ClFN4OS/c20-19-22-15(11-27-19)18(26)23-17-14-3-1-2-4-16(14)25(24-17)10-13-7-5-12(9-21)6-8-13/h1-8,11H,9-10H2,(H,23,24,26). The maximum atomic E-state index is 12.7. The number of halogens is 2. The van der Waals surface area contributed by atoms with Crippen LogP contribution >= 0.6 is 22.9 Å². The van der Waals surface area contributed by atoms with Gasteiger partial charge in [-0.25, -0.2) is 9.37 Å². The molecule has 0 unspecified atom stereocenters.